The standard InChI is InChI=1S/C9H9Br2N3/c10-5-7(11)6-14-12-8-3-1-2-4-9(8)13-14/h1-4,7H,5-6H2. The van der Waals surface area contributed by atoms with E-state index in [1.54, 1.807) is 4.80 Å². The van der Waals surface area contributed by atoms with Crippen molar-refractivity contribution >= 4 is 42.9 Å². The molecule has 74 valence electrons. The van der Waals surface area contributed by atoms with Gasteiger partial charge < -0.3 is 0 Å². The van der Waals surface area contributed by atoms with Crippen LogP contribution in [-0.4, -0.2) is 25.2 Å². The van der Waals surface area contributed by atoms with Crippen LogP contribution in [0.4, 0.5) is 0 Å². The first kappa shape index (κ1) is 10.1. The molecule has 14 heavy (non-hydrogen) atoms. The van der Waals surface area contributed by atoms with E-state index in [1.807, 2.05) is 24.3 Å². The maximum atomic E-state index is 4.36. The van der Waals surface area contributed by atoms with Gasteiger partial charge in [-0.2, -0.15) is 15.0 Å². The zero-order chi connectivity index (χ0) is 9.97. The van der Waals surface area contributed by atoms with Crippen LogP contribution in [0.2, 0.25) is 0 Å². The van der Waals surface area contributed by atoms with E-state index in [-0.39, 0.29) is 0 Å². The second-order valence-electron chi connectivity index (χ2n) is 3.00. The number of aromatic nitrogens is 3. The first-order chi connectivity index (χ1) is 6.79. The third kappa shape index (κ3) is 2.15. The van der Waals surface area contributed by atoms with Crippen molar-refractivity contribution in [3.8, 4) is 0 Å². The molecule has 0 aliphatic heterocycles. The van der Waals surface area contributed by atoms with Crippen molar-refractivity contribution < 1.29 is 0 Å². The van der Waals surface area contributed by atoms with E-state index in [0.717, 1.165) is 22.9 Å². The summed E-state index contributed by atoms with van der Waals surface area (Å²) in [5, 5.41) is 9.60. The van der Waals surface area contributed by atoms with E-state index >= 15 is 0 Å². The molecule has 0 bridgehead atoms. The van der Waals surface area contributed by atoms with Gasteiger partial charge in [0.05, 0.1) is 6.54 Å². The molecule has 0 aliphatic rings. The van der Waals surface area contributed by atoms with Crippen molar-refractivity contribution in [1.29, 1.82) is 0 Å². The summed E-state index contributed by atoms with van der Waals surface area (Å²) in [6.45, 7) is 0.778. The van der Waals surface area contributed by atoms with Crippen LogP contribution in [0.25, 0.3) is 11.0 Å². The Morgan fingerprint density at radius 2 is 1.79 bits per heavy atom. The van der Waals surface area contributed by atoms with Crippen LogP contribution < -0.4 is 0 Å². The Morgan fingerprint density at radius 3 is 2.29 bits per heavy atom. The molecular formula is C9H9Br2N3. The van der Waals surface area contributed by atoms with Gasteiger partial charge in [0.25, 0.3) is 0 Å². The number of halogens is 2. The van der Waals surface area contributed by atoms with E-state index in [2.05, 4.69) is 42.1 Å². The van der Waals surface area contributed by atoms with Gasteiger partial charge in [-0.3, -0.25) is 0 Å². The average molecular weight is 319 g/mol. The van der Waals surface area contributed by atoms with E-state index in [9.17, 15) is 0 Å². The molecule has 3 nitrogen and oxygen atoms in total. The minimum atomic E-state index is 0.365. The fraction of sp³-hybridized carbons (Fsp3) is 0.333. The smallest absolute Gasteiger partial charge is 0.113 e. The minimum Gasteiger partial charge on any atom is -0.183 e. The lowest BCUT2D eigenvalue weighted by molar-refractivity contribution is 0.550. The molecule has 2 aromatic rings. The normalized spacial score (nSPS) is 13.3. The van der Waals surface area contributed by atoms with Crippen molar-refractivity contribution in [1.82, 2.24) is 15.0 Å². The van der Waals surface area contributed by atoms with Gasteiger partial charge in [-0.05, 0) is 12.1 Å². The van der Waals surface area contributed by atoms with Gasteiger partial charge in [-0.25, -0.2) is 0 Å². The quantitative estimate of drug-likeness (QED) is 0.814. The van der Waals surface area contributed by atoms with Crippen molar-refractivity contribution in [2.45, 2.75) is 11.4 Å². The number of alkyl halides is 2. The Bertz CT molecular complexity index is 394. The van der Waals surface area contributed by atoms with Gasteiger partial charge in [-0.15, -0.1) is 0 Å². The molecule has 0 fully saturated rings. The molecule has 1 aromatic heterocycles. The minimum absolute atomic E-state index is 0.365. The van der Waals surface area contributed by atoms with Crippen molar-refractivity contribution in [2.75, 3.05) is 5.33 Å². The highest BCUT2D eigenvalue weighted by molar-refractivity contribution is 9.12. The summed E-state index contributed by atoms with van der Waals surface area (Å²) < 4.78 is 0. The maximum absolute atomic E-state index is 4.36. The molecule has 2 rings (SSSR count). The lowest BCUT2D eigenvalue weighted by Gasteiger charge is -2.02. The topological polar surface area (TPSA) is 30.7 Å². The zero-order valence-corrected chi connectivity index (χ0v) is 10.6. The summed E-state index contributed by atoms with van der Waals surface area (Å²) in [7, 11) is 0. The van der Waals surface area contributed by atoms with Gasteiger partial charge in [0.2, 0.25) is 0 Å². The fourth-order valence-electron chi connectivity index (χ4n) is 1.21. The predicted octanol–water partition coefficient (Wildman–Crippen LogP) is 2.59. The van der Waals surface area contributed by atoms with Crippen molar-refractivity contribution in [3.63, 3.8) is 0 Å². The number of benzene rings is 1. The second-order valence-corrected chi connectivity index (χ2v) is 4.94. The molecule has 0 saturated heterocycles. The molecule has 0 N–H and O–H groups in total. The Labute approximate surface area is 98.7 Å². The molecule has 0 amide bonds. The highest BCUT2D eigenvalue weighted by Crippen LogP contribution is 2.10. The summed E-state index contributed by atoms with van der Waals surface area (Å²) in [5.41, 5.74) is 1.89. The number of fused-ring (bicyclic) bond motifs is 1. The van der Waals surface area contributed by atoms with Crippen LogP contribution in [0.5, 0.6) is 0 Å². The van der Waals surface area contributed by atoms with E-state index in [0.29, 0.717) is 4.83 Å². The molecule has 1 aromatic carbocycles. The summed E-state index contributed by atoms with van der Waals surface area (Å²) in [4.78, 5) is 2.09. The van der Waals surface area contributed by atoms with Crippen molar-refractivity contribution in [2.24, 2.45) is 0 Å². The lowest BCUT2D eigenvalue weighted by Crippen LogP contribution is -2.13. The highest BCUT2D eigenvalue weighted by Gasteiger charge is 2.06. The largest absolute Gasteiger partial charge is 0.183 e. The number of rotatable bonds is 3. The van der Waals surface area contributed by atoms with Gasteiger partial charge in [0.1, 0.15) is 11.0 Å². The van der Waals surface area contributed by atoms with Gasteiger partial charge in [-0.1, -0.05) is 44.0 Å². The van der Waals surface area contributed by atoms with Gasteiger partial charge in [0, 0.05) is 10.2 Å². The number of hydrogen-bond acceptors (Lipinski definition) is 2. The predicted molar refractivity (Wildman–Crippen MR) is 64.0 cm³/mol. The van der Waals surface area contributed by atoms with E-state index in [4.69, 9.17) is 0 Å². The van der Waals surface area contributed by atoms with Crippen LogP contribution in [0.1, 0.15) is 0 Å². The first-order valence-electron chi connectivity index (χ1n) is 4.29. The molecule has 1 heterocycles. The Hall–Kier alpha value is -0.420. The SMILES string of the molecule is BrCC(Br)Cn1nc2ccccc2n1. The fourth-order valence-corrected chi connectivity index (χ4v) is 1.68. The van der Waals surface area contributed by atoms with Crippen LogP contribution >= 0.6 is 31.9 Å². The number of hydrogen-bond donors (Lipinski definition) is 0. The monoisotopic (exact) mass is 317 g/mol. The number of nitrogens with zero attached hydrogens (tertiary/aromatic N) is 3. The lowest BCUT2D eigenvalue weighted by atomic mass is 10.3. The average Bonchev–Trinajstić information content (AvgIpc) is 2.59. The summed E-state index contributed by atoms with van der Waals surface area (Å²) in [6.07, 6.45) is 0. The van der Waals surface area contributed by atoms with E-state index < -0.39 is 0 Å². The summed E-state index contributed by atoms with van der Waals surface area (Å²) in [6, 6.07) is 7.88. The van der Waals surface area contributed by atoms with Gasteiger partial charge in [0.15, 0.2) is 0 Å². The van der Waals surface area contributed by atoms with Crippen molar-refractivity contribution in [3.05, 3.63) is 24.3 Å². The van der Waals surface area contributed by atoms with Crippen LogP contribution in [0, 0.1) is 0 Å². The Balaban J connectivity index is 2.27. The Kier molecular flexibility index (Phi) is 3.18. The van der Waals surface area contributed by atoms with Crippen LogP contribution in [0.15, 0.2) is 24.3 Å². The van der Waals surface area contributed by atoms with Gasteiger partial charge >= 0.3 is 0 Å². The zero-order valence-electron chi connectivity index (χ0n) is 7.40. The second kappa shape index (κ2) is 4.40. The molecule has 1 unspecified atom stereocenters. The maximum Gasteiger partial charge on any atom is 0.113 e. The third-order valence-electron chi connectivity index (χ3n) is 1.86. The van der Waals surface area contributed by atoms with Crippen LogP contribution in [0.3, 0.4) is 0 Å². The summed E-state index contributed by atoms with van der Waals surface area (Å²) >= 11 is 6.92. The third-order valence-corrected chi connectivity index (χ3v) is 4.12. The molecule has 0 aliphatic carbocycles. The van der Waals surface area contributed by atoms with E-state index in [1.165, 1.54) is 0 Å². The Morgan fingerprint density at radius 1 is 1.21 bits per heavy atom. The molecular weight excluding hydrogens is 310 g/mol. The molecule has 1 atom stereocenters. The highest BCUT2D eigenvalue weighted by atomic mass is 79.9. The summed E-state index contributed by atoms with van der Waals surface area (Å²) in [5.74, 6) is 0. The molecule has 5 heteroatoms. The molecule has 0 spiro atoms. The molecule has 0 saturated carbocycles. The van der Waals surface area contributed by atoms with Crippen LogP contribution in [-0.2, 0) is 6.54 Å². The first-order valence-corrected chi connectivity index (χ1v) is 6.33. The molecule has 0 radical (unpaired) electrons.